The lowest BCUT2D eigenvalue weighted by molar-refractivity contribution is -0.221. The number of aliphatic imine (C=N–C) groups is 1. The Morgan fingerprint density at radius 2 is 2.06 bits per heavy atom. The van der Waals surface area contributed by atoms with E-state index < -0.39 is 17.1 Å². The zero-order valence-corrected chi connectivity index (χ0v) is 9.90. The van der Waals surface area contributed by atoms with Crippen LogP contribution in [0.4, 0.5) is 13.2 Å². The van der Waals surface area contributed by atoms with Gasteiger partial charge in [-0.3, -0.25) is 4.99 Å². The Morgan fingerprint density at radius 1 is 1.41 bits per heavy atom. The van der Waals surface area contributed by atoms with Gasteiger partial charge in [-0.1, -0.05) is 13.3 Å². The molecule has 0 aromatic rings. The number of alkyl halides is 3. The SMILES string of the molecule is CC[C@]1(CN)CN=C(C2(C(F)(F)F)CCC2)N1. The molecule has 1 fully saturated rings. The average Bonchev–Trinajstić information content (AvgIpc) is 2.59. The van der Waals surface area contributed by atoms with E-state index in [1.165, 1.54) is 0 Å². The van der Waals surface area contributed by atoms with E-state index in [4.69, 9.17) is 5.73 Å². The van der Waals surface area contributed by atoms with Crippen LogP contribution in [0, 0.1) is 5.41 Å². The Kier molecular flexibility index (Phi) is 2.88. The third-order valence-corrected chi connectivity index (χ3v) is 4.19. The number of rotatable bonds is 3. The minimum Gasteiger partial charge on any atom is -0.365 e. The van der Waals surface area contributed by atoms with Crippen LogP contribution in [-0.4, -0.2) is 30.6 Å². The van der Waals surface area contributed by atoms with Crippen molar-refractivity contribution in [1.82, 2.24) is 5.32 Å². The normalized spacial score (nSPS) is 31.7. The molecule has 0 amide bonds. The van der Waals surface area contributed by atoms with Crippen molar-refractivity contribution in [3.05, 3.63) is 0 Å². The highest BCUT2D eigenvalue weighted by atomic mass is 19.4. The molecule has 1 heterocycles. The van der Waals surface area contributed by atoms with Crippen molar-refractivity contribution in [3.63, 3.8) is 0 Å². The standard InChI is InChI=1S/C11H18F3N3/c1-2-9(6-15)7-16-8(17-9)10(4-3-5-10)11(12,13)14/h2-7,15H2,1H3,(H,16,17)/t9-/m0/s1. The van der Waals surface area contributed by atoms with E-state index in [0.29, 0.717) is 25.9 Å². The molecule has 3 nitrogen and oxygen atoms in total. The summed E-state index contributed by atoms with van der Waals surface area (Å²) in [5, 5.41) is 2.96. The molecule has 98 valence electrons. The summed E-state index contributed by atoms with van der Waals surface area (Å²) in [6, 6.07) is 0. The number of hydrogen-bond donors (Lipinski definition) is 2. The highest BCUT2D eigenvalue weighted by Gasteiger charge is 2.63. The van der Waals surface area contributed by atoms with Gasteiger partial charge in [0.1, 0.15) is 11.3 Å². The summed E-state index contributed by atoms with van der Waals surface area (Å²) in [6.07, 6.45) is -2.62. The minimum absolute atomic E-state index is 0.114. The summed E-state index contributed by atoms with van der Waals surface area (Å²) in [5.74, 6) is 0.114. The van der Waals surface area contributed by atoms with E-state index in [2.05, 4.69) is 10.3 Å². The lowest BCUT2D eigenvalue weighted by Crippen LogP contribution is -2.59. The van der Waals surface area contributed by atoms with Gasteiger partial charge in [-0.2, -0.15) is 13.2 Å². The van der Waals surface area contributed by atoms with Crippen molar-refractivity contribution >= 4 is 5.84 Å². The maximum atomic E-state index is 13.1. The van der Waals surface area contributed by atoms with E-state index in [-0.39, 0.29) is 18.7 Å². The molecule has 2 rings (SSSR count). The Balaban J connectivity index is 2.20. The molecule has 1 atom stereocenters. The molecule has 0 aromatic carbocycles. The first-order valence-electron chi connectivity index (χ1n) is 5.99. The lowest BCUT2D eigenvalue weighted by Gasteiger charge is -2.44. The molecular weight excluding hydrogens is 231 g/mol. The van der Waals surface area contributed by atoms with Crippen molar-refractivity contribution in [2.45, 2.75) is 44.3 Å². The Labute approximate surface area is 98.7 Å². The van der Waals surface area contributed by atoms with Gasteiger partial charge in [-0.05, 0) is 19.3 Å². The molecule has 0 spiro atoms. The van der Waals surface area contributed by atoms with Crippen molar-refractivity contribution in [3.8, 4) is 0 Å². The smallest absolute Gasteiger partial charge is 0.365 e. The Hall–Kier alpha value is -0.780. The number of nitrogens with zero attached hydrogens (tertiary/aromatic N) is 1. The molecule has 17 heavy (non-hydrogen) atoms. The first kappa shape index (κ1) is 12.7. The van der Waals surface area contributed by atoms with Crippen LogP contribution < -0.4 is 11.1 Å². The van der Waals surface area contributed by atoms with E-state index in [9.17, 15) is 13.2 Å². The van der Waals surface area contributed by atoms with Gasteiger partial charge < -0.3 is 11.1 Å². The second-order valence-corrected chi connectivity index (χ2v) is 5.06. The summed E-state index contributed by atoms with van der Waals surface area (Å²) >= 11 is 0. The highest BCUT2D eigenvalue weighted by Crippen LogP contribution is 2.54. The predicted octanol–water partition coefficient (Wildman–Crippen LogP) is 1.83. The van der Waals surface area contributed by atoms with Gasteiger partial charge in [0.05, 0.1) is 12.1 Å². The van der Waals surface area contributed by atoms with Gasteiger partial charge in [0, 0.05) is 6.54 Å². The van der Waals surface area contributed by atoms with Gasteiger partial charge in [-0.25, -0.2) is 0 Å². The molecule has 1 aliphatic carbocycles. The largest absolute Gasteiger partial charge is 0.401 e. The van der Waals surface area contributed by atoms with Crippen LogP contribution in [-0.2, 0) is 0 Å². The zero-order chi connectivity index (χ0) is 12.7. The molecule has 0 radical (unpaired) electrons. The maximum absolute atomic E-state index is 13.1. The van der Waals surface area contributed by atoms with Gasteiger partial charge in [0.25, 0.3) is 0 Å². The monoisotopic (exact) mass is 249 g/mol. The quantitative estimate of drug-likeness (QED) is 0.801. The topological polar surface area (TPSA) is 50.4 Å². The third kappa shape index (κ3) is 1.73. The fraction of sp³-hybridized carbons (Fsp3) is 0.909. The van der Waals surface area contributed by atoms with Crippen molar-refractivity contribution in [2.24, 2.45) is 16.1 Å². The van der Waals surface area contributed by atoms with Gasteiger partial charge >= 0.3 is 6.18 Å². The minimum atomic E-state index is -4.21. The van der Waals surface area contributed by atoms with E-state index >= 15 is 0 Å². The third-order valence-electron chi connectivity index (χ3n) is 4.19. The lowest BCUT2D eigenvalue weighted by atomic mass is 9.67. The molecule has 0 saturated heterocycles. The summed E-state index contributed by atoms with van der Waals surface area (Å²) in [6.45, 7) is 2.58. The van der Waals surface area contributed by atoms with Crippen LogP contribution >= 0.6 is 0 Å². The molecule has 1 saturated carbocycles. The average molecular weight is 249 g/mol. The molecule has 3 N–H and O–H groups in total. The number of amidine groups is 1. The number of nitrogens with two attached hydrogens (primary N) is 1. The number of halogens is 3. The molecule has 0 aromatic heterocycles. The van der Waals surface area contributed by atoms with Crippen LogP contribution in [0.5, 0.6) is 0 Å². The molecule has 0 unspecified atom stereocenters. The zero-order valence-electron chi connectivity index (χ0n) is 9.90. The van der Waals surface area contributed by atoms with Crippen molar-refractivity contribution in [2.75, 3.05) is 13.1 Å². The number of nitrogens with one attached hydrogen (secondary N) is 1. The molecule has 0 bridgehead atoms. The Bertz CT molecular complexity index is 327. The van der Waals surface area contributed by atoms with Gasteiger partial charge in [-0.15, -0.1) is 0 Å². The molecular formula is C11H18F3N3. The molecule has 6 heteroatoms. The van der Waals surface area contributed by atoms with Gasteiger partial charge in [0.2, 0.25) is 0 Å². The fourth-order valence-corrected chi connectivity index (χ4v) is 2.48. The van der Waals surface area contributed by atoms with Crippen LogP contribution in [0.2, 0.25) is 0 Å². The fourth-order valence-electron chi connectivity index (χ4n) is 2.48. The summed E-state index contributed by atoms with van der Waals surface area (Å²) < 4.78 is 39.3. The summed E-state index contributed by atoms with van der Waals surface area (Å²) in [7, 11) is 0. The first-order chi connectivity index (χ1) is 7.89. The summed E-state index contributed by atoms with van der Waals surface area (Å²) in [5.41, 5.74) is 3.44. The van der Waals surface area contributed by atoms with Crippen LogP contribution in [0.3, 0.4) is 0 Å². The number of hydrogen-bond acceptors (Lipinski definition) is 3. The van der Waals surface area contributed by atoms with Gasteiger partial charge in [0.15, 0.2) is 0 Å². The second-order valence-electron chi connectivity index (χ2n) is 5.06. The predicted molar refractivity (Wildman–Crippen MR) is 59.9 cm³/mol. The Morgan fingerprint density at radius 3 is 2.35 bits per heavy atom. The van der Waals surface area contributed by atoms with Crippen LogP contribution in [0.25, 0.3) is 0 Å². The van der Waals surface area contributed by atoms with E-state index in [0.717, 1.165) is 0 Å². The highest BCUT2D eigenvalue weighted by molar-refractivity contribution is 5.92. The first-order valence-corrected chi connectivity index (χ1v) is 5.99. The van der Waals surface area contributed by atoms with E-state index in [1.54, 1.807) is 0 Å². The van der Waals surface area contributed by atoms with Crippen molar-refractivity contribution < 1.29 is 13.2 Å². The van der Waals surface area contributed by atoms with Crippen LogP contribution in [0.1, 0.15) is 32.6 Å². The molecule has 2 aliphatic rings. The maximum Gasteiger partial charge on any atom is 0.401 e. The summed E-state index contributed by atoms with van der Waals surface area (Å²) in [4.78, 5) is 4.10. The second kappa shape index (κ2) is 3.86. The van der Waals surface area contributed by atoms with Crippen molar-refractivity contribution in [1.29, 1.82) is 0 Å². The van der Waals surface area contributed by atoms with E-state index in [1.807, 2.05) is 6.92 Å². The van der Waals surface area contributed by atoms with Crippen LogP contribution in [0.15, 0.2) is 4.99 Å². The molecule has 1 aliphatic heterocycles.